The first-order valence-electron chi connectivity index (χ1n) is 9.18. The standard InChI is InChI=1S/C22H28N2O3/c1-5-20(22(26)23-3)24(15-18-7-6-8-19(13-18)27-4)21(25)14-17-11-9-16(2)10-12-17/h6-13,20H,5,14-15H2,1-4H3,(H,23,26)/t20-/m0/s1. The van der Waals surface area contributed by atoms with Gasteiger partial charge in [0.25, 0.3) is 0 Å². The van der Waals surface area contributed by atoms with E-state index in [-0.39, 0.29) is 18.2 Å². The summed E-state index contributed by atoms with van der Waals surface area (Å²) in [5.41, 5.74) is 3.01. The van der Waals surface area contributed by atoms with Crippen molar-refractivity contribution in [1.82, 2.24) is 10.2 Å². The van der Waals surface area contributed by atoms with Crippen LogP contribution < -0.4 is 10.1 Å². The maximum Gasteiger partial charge on any atom is 0.242 e. The summed E-state index contributed by atoms with van der Waals surface area (Å²) < 4.78 is 5.28. The first-order chi connectivity index (χ1) is 13.0. The van der Waals surface area contributed by atoms with E-state index in [1.807, 2.05) is 62.4 Å². The number of rotatable bonds is 8. The molecule has 1 atom stereocenters. The zero-order valence-corrected chi connectivity index (χ0v) is 16.5. The highest BCUT2D eigenvalue weighted by molar-refractivity contribution is 5.88. The third-order valence-corrected chi connectivity index (χ3v) is 4.60. The second kappa shape index (κ2) is 9.76. The van der Waals surface area contributed by atoms with Crippen LogP contribution in [0.4, 0.5) is 0 Å². The maximum absolute atomic E-state index is 13.1. The number of hydrogen-bond donors (Lipinski definition) is 1. The van der Waals surface area contributed by atoms with Gasteiger partial charge in [-0.1, -0.05) is 48.9 Å². The van der Waals surface area contributed by atoms with Gasteiger partial charge in [-0.05, 0) is 36.6 Å². The monoisotopic (exact) mass is 368 g/mol. The molecular formula is C22H28N2O3. The fourth-order valence-electron chi connectivity index (χ4n) is 3.04. The number of nitrogens with one attached hydrogen (secondary N) is 1. The number of benzene rings is 2. The molecule has 5 nitrogen and oxygen atoms in total. The lowest BCUT2D eigenvalue weighted by molar-refractivity contribution is -0.140. The maximum atomic E-state index is 13.1. The van der Waals surface area contributed by atoms with Crippen LogP contribution in [-0.2, 0) is 22.6 Å². The lowest BCUT2D eigenvalue weighted by Gasteiger charge is -2.30. The van der Waals surface area contributed by atoms with Gasteiger partial charge in [0.2, 0.25) is 11.8 Å². The number of carbonyl (C=O) groups is 2. The molecule has 0 aliphatic rings. The number of carbonyl (C=O) groups excluding carboxylic acids is 2. The lowest BCUT2D eigenvalue weighted by Crippen LogP contribution is -2.48. The van der Waals surface area contributed by atoms with Crippen LogP contribution >= 0.6 is 0 Å². The van der Waals surface area contributed by atoms with Crippen LogP contribution in [0.3, 0.4) is 0 Å². The fraction of sp³-hybridized carbons (Fsp3) is 0.364. The van der Waals surface area contributed by atoms with E-state index in [4.69, 9.17) is 4.74 Å². The zero-order chi connectivity index (χ0) is 19.8. The average molecular weight is 368 g/mol. The molecule has 2 aromatic carbocycles. The topological polar surface area (TPSA) is 58.6 Å². The Kier molecular flexibility index (Phi) is 7.41. The number of hydrogen-bond acceptors (Lipinski definition) is 3. The summed E-state index contributed by atoms with van der Waals surface area (Å²) in [4.78, 5) is 27.1. The zero-order valence-electron chi connectivity index (χ0n) is 16.5. The molecule has 0 saturated heterocycles. The average Bonchev–Trinajstić information content (AvgIpc) is 2.69. The molecule has 5 heteroatoms. The predicted octanol–water partition coefficient (Wildman–Crippen LogP) is 3.10. The number of nitrogens with zero attached hydrogens (tertiary/aromatic N) is 1. The molecule has 0 heterocycles. The molecule has 0 spiro atoms. The van der Waals surface area contributed by atoms with Crippen molar-refractivity contribution >= 4 is 11.8 Å². The van der Waals surface area contributed by atoms with Gasteiger partial charge in [-0.25, -0.2) is 0 Å². The largest absolute Gasteiger partial charge is 0.497 e. The second-order valence-electron chi connectivity index (χ2n) is 6.57. The van der Waals surface area contributed by atoms with Crippen molar-refractivity contribution < 1.29 is 14.3 Å². The van der Waals surface area contributed by atoms with Gasteiger partial charge in [0.1, 0.15) is 11.8 Å². The molecule has 0 saturated carbocycles. The van der Waals surface area contributed by atoms with Gasteiger partial charge < -0.3 is 15.0 Å². The van der Waals surface area contributed by atoms with E-state index in [1.54, 1.807) is 19.1 Å². The Labute approximate surface area is 161 Å². The van der Waals surface area contributed by atoms with Crippen molar-refractivity contribution in [2.24, 2.45) is 0 Å². The quantitative estimate of drug-likeness (QED) is 0.779. The molecule has 0 aliphatic heterocycles. The van der Waals surface area contributed by atoms with E-state index in [0.29, 0.717) is 13.0 Å². The lowest BCUT2D eigenvalue weighted by atomic mass is 10.1. The molecule has 27 heavy (non-hydrogen) atoms. The SMILES string of the molecule is CC[C@@H](C(=O)NC)N(Cc1cccc(OC)c1)C(=O)Cc1ccc(C)cc1. The number of amides is 2. The number of aryl methyl sites for hydroxylation is 1. The highest BCUT2D eigenvalue weighted by Crippen LogP contribution is 2.18. The van der Waals surface area contributed by atoms with Crippen LogP contribution in [0.2, 0.25) is 0 Å². The molecule has 0 aliphatic carbocycles. The molecule has 2 rings (SSSR count). The summed E-state index contributed by atoms with van der Waals surface area (Å²) in [6.45, 7) is 4.28. The van der Waals surface area contributed by atoms with Crippen LogP contribution in [0.1, 0.15) is 30.0 Å². The van der Waals surface area contributed by atoms with Crippen LogP contribution in [0, 0.1) is 6.92 Å². The van der Waals surface area contributed by atoms with Gasteiger partial charge in [0.05, 0.1) is 13.5 Å². The molecule has 0 unspecified atom stereocenters. The van der Waals surface area contributed by atoms with Crippen molar-refractivity contribution in [2.45, 2.75) is 39.3 Å². The van der Waals surface area contributed by atoms with Crippen molar-refractivity contribution in [2.75, 3.05) is 14.2 Å². The summed E-state index contributed by atoms with van der Waals surface area (Å²) in [6, 6.07) is 15.0. The van der Waals surface area contributed by atoms with Crippen LogP contribution in [0.25, 0.3) is 0 Å². The Hall–Kier alpha value is -2.82. The fourth-order valence-corrected chi connectivity index (χ4v) is 3.04. The normalized spacial score (nSPS) is 11.6. The van der Waals surface area contributed by atoms with E-state index in [0.717, 1.165) is 22.4 Å². The molecule has 2 aromatic rings. The number of methoxy groups -OCH3 is 1. The van der Waals surface area contributed by atoms with Crippen LogP contribution in [-0.4, -0.2) is 36.9 Å². The highest BCUT2D eigenvalue weighted by atomic mass is 16.5. The Bertz CT molecular complexity index is 771. The molecular weight excluding hydrogens is 340 g/mol. The third kappa shape index (κ3) is 5.58. The first-order valence-corrected chi connectivity index (χ1v) is 9.18. The summed E-state index contributed by atoms with van der Waals surface area (Å²) in [7, 11) is 3.21. The molecule has 0 fully saturated rings. The minimum Gasteiger partial charge on any atom is -0.497 e. The van der Waals surface area contributed by atoms with Crippen LogP contribution in [0.15, 0.2) is 48.5 Å². The van der Waals surface area contributed by atoms with Gasteiger partial charge in [0, 0.05) is 13.6 Å². The molecule has 1 N–H and O–H groups in total. The van der Waals surface area contributed by atoms with E-state index < -0.39 is 6.04 Å². The summed E-state index contributed by atoms with van der Waals surface area (Å²) >= 11 is 0. The van der Waals surface area contributed by atoms with E-state index in [9.17, 15) is 9.59 Å². The summed E-state index contributed by atoms with van der Waals surface area (Å²) in [5, 5.41) is 2.67. The minimum atomic E-state index is -0.515. The number of ether oxygens (including phenoxy) is 1. The first kappa shape index (κ1) is 20.5. The van der Waals surface area contributed by atoms with Gasteiger partial charge in [-0.2, -0.15) is 0 Å². The van der Waals surface area contributed by atoms with Crippen molar-refractivity contribution in [3.05, 3.63) is 65.2 Å². The van der Waals surface area contributed by atoms with E-state index in [2.05, 4.69) is 5.32 Å². The molecule has 0 bridgehead atoms. The van der Waals surface area contributed by atoms with Gasteiger partial charge in [0.15, 0.2) is 0 Å². The molecule has 0 radical (unpaired) electrons. The second-order valence-corrected chi connectivity index (χ2v) is 6.57. The van der Waals surface area contributed by atoms with E-state index in [1.165, 1.54) is 0 Å². The smallest absolute Gasteiger partial charge is 0.242 e. The molecule has 0 aromatic heterocycles. The van der Waals surface area contributed by atoms with Crippen molar-refractivity contribution in [3.8, 4) is 5.75 Å². The van der Waals surface area contributed by atoms with Crippen molar-refractivity contribution in [3.63, 3.8) is 0 Å². The Morgan fingerprint density at radius 1 is 1.11 bits per heavy atom. The van der Waals surface area contributed by atoms with Gasteiger partial charge >= 0.3 is 0 Å². The van der Waals surface area contributed by atoms with Gasteiger partial charge in [-0.15, -0.1) is 0 Å². The van der Waals surface area contributed by atoms with Gasteiger partial charge in [-0.3, -0.25) is 9.59 Å². The highest BCUT2D eigenvalue weighted by Gasteiger charge is 2.28. The molecule has 2 amide bonds. The van der Waals surface area contributed by atoms with E-state index >= 15 is 0 Å². The summed E-state index contributed by atoms with van der Waals surface area (Å²) in [6.07, 6.45) is 0.807. The summed E-state index contributed by atoms with van der Waals surface area (Å²) in [5.74, 6) is 0.501. The Morgan fingerprint density at radius 3 is 2.41 bits per heavy atom. The number of likely N-dealkylation sites (N-methyl/N-ethyl adjacent to an activating group) is 1. The Morgan fingerprint density at radius 2 is 1.81 bits per heavy atom. The molecule has 144 valence electrons. The third-order valence-electron chi connectivity index (χ3n) is 4.60. The Balaban J connectivity index is 2.28. The van der Waals surface area contributed by atoms with Crippen molar-refractivity contribution in [1.29, 1.82) is 0 Å². The van der Waals surface area contributed by atoms with Crippen LogP contribution in [0.5, 0.6) is 5.75 Å². The predicted molar refractivity (Wildman–Crippen MR) is 107 cm³/mol. The minimum absolute atomic E-state index is 0.0721.